The van der Waals surface area contributed by atoms with Gasteiger partial charge in [0.05, 0.1) is 11.4 Å². The topological polar surface area (TPSA) is 55.4 Å². The van der Waals surface area contributed by atoms with Gasteiger partial charge >= 0.3 is 0 Å². The van der Waals surface area contributed by atoms with E-state index >= 15 is 0 Å². The van der Waals surface area contributed by atoms with E-state index in [1.165, 1.54) is 0 Å². The highest BCUT2D eigenvalue weighted by molar-refractivity contribution is 7.89. The predicted molar refractivity (Wildman–Crippen MR) is 95.5 cm³/mol. The summed E-state index contributed by atoms with van der Waals surface area (Å²) in [5.41, 5.74) is 2.14. The molecule has 2 rings (SSSR count). The van der Waals surface area contributed by atoms with Crippen LogP contribution in [0, 0.1) is 18.8 Å². The van der Waals surface area contributed by atoms with Gasteiger partial charge in [-0.3, -0.25) is 0 Å². The first-order valence-electron chi connectivity index (χ1n) is 7.75. The van der Waals surface area contributed by atoms with Crippen LogP contribution in [0.25, 0.3) is 0 Å². The molecular weight excluding hydrogens is 322 g/mol. The van der Waals surface area contributed by atoms with Crippen LogP contribution < -0.4 is 9.46 Å². The number of para-hydroxylation sites is 1. The lowest BCUT2D eigenvalue weighted by atomic mass is 10.2. The normalized spacial score (nSPS) is 10.8. The zero-order chi connectivity index (χ0) is 17.4. The Balaban J connectivity index is 1.84. The van der Waals surface area contributed by atoms with Crippen molar-refractivity contribution in [2.75, 3.05) is 13.2 Å². The third kappa shape index (κ3) is 5.12. The number of hydrogen-bond donors (Lipinski definition) is 1. The molecule has 24 heavy (non-hydrogen) atoms. The number of sulfonamides is 1. The van der Waals surface area contributed by atoms with Crippen molar-refractivity contribution in [2.45, 2.75) is 25.2 Å². The smallest absolute Gasteiger partial charge is 0.241 e. The standard InChI is InChI=1S/C19H21NO3S/c1-3-17-10-12-18(13-11-17)24(21,22)20-14-6-7-15-23-19-9-5-4-8-16(19)2/h4-5,8-13,20H,3,14-15H2,1-2H3. The highest BCUT2D eigenvalue weighted by Gasteiger charge is 2.11. The second kappa shape index (κ2) is 8.53. The van der Waals surface area contributed by atoms with Crippen LogP contribution in [0.5, 0.6) is 5.75 Å². The molecule has 0 unspecified atom stereocenters. The van der Waals surface area contributed by atoms with Gasteiger partial charge in [-0.25, -0.2) is 8.42 Å². The van der Waals surface area contributed by atoms with Gasteiger partial charge in [0.15, 0.2) is 0 Å². The van der Waals surface area contributed by atoms with Crippen molar-refractivity contribution < 1.29 is 13.2 Å². The minimum Gasteiger partial charge on any atom is -0.481 e. The van der Waals surface area contributed by atoms with Gasteiger partial charge in [-0.15, -0.1) is 0 Å². The fraction of sp³-hybridized carbons (Fsp3) is 0.263. The average Bonchev–Trinajstić information content (AvgIpc) is 2.59. The van der Waals surface area contributed by atoms with E-state index in [0.29, 0.717) is 0 Å². The van der Waals surface area contributed by atoms with Crippen molar-refractivity contribution in [1.29, 1.82) is 0 Å². The number of nitrogens with one attached hydrogen (secondary N) is 1. The molecule has 0 saturated carbocycles. The molecule has 1 N–H and O–H groups in total. The first-order chi connectivity index (χ1) is 11.5. The molecule has 0 bridgehead atoms. The summed E-state index contributed by atoms with van der Waals surface area (Å²) in [5, 5.41) is 0. The van der Waals surface area contributed by atoms with Crippen molar-refractivity contribution >= 4 is 10.0 Å². The van der Waals surface area contributed by atoms with Crippen molar-refractivity contribution in [1.82, 2.24) is 4.72 Å². The lowest BCUT2D eigenvalue weighted by molar-refractivity contribution is 0.367. The number of aryl methyl sites for hydroxylation is 2. The van der Waals surface area contributed by atoms with E-state index in [2.05, 4.69) is 16.6 Å². The highest BCUT2D eigenvalue weighted by atomic mass is 32.2. The molecule has 0 amide bonds. The maximum absolute atomic E-state index is 12.1. The summed E-state index contributed by atoms with van der Waals surface area (Å²) in [5.74, 6) is 6.34. The Morgan fingerprint density at radius 2 is 1.75 bits per heavy atom. The van der Waals surface area contributed by atoms with Gasteiger partial charge in [0.2, 0.25) is 10.0 Å². The second-order valence-corrected chi connectivity index (χ2v) is 7.00. The van der Waals surface area contributed by atoms with Crippen LogP contribution in [0.3, 0.4) is 0 Å². The molecule has 2 aromatic rings. The van der Waals surface area contributed by atoms with Crippen LogP contribution in [0.15, 0.2) is 53.4 Å². The van der Waals surface area contributed by atoms with Gasteiger partial charge < -0.3 is 4.74 Å². The molecule has 0 aliphatic heterocycles. The summed E-state index contributed by atoms with van der Waals surface area (Å²) in [6.07, 6.45) is 0.875. The van der Waals surface area contributed by atoms with E-state index in [9.17, 15) is 8.42 Å². The molecule has 0 aliphatic carbocycles. The number of benzene rings is 2. The van der Waals surface area contributed by atoms with Gasteiger partial charge in [-0.2, -0.15) is 4.72 Å². The third-order valence-corrected chi connectivity index (χ3v) is 4.93. The molecule has 0 atom stereocenters. The molecular formula is C19H21NO3S. The molecule has 126 valence electrons. The lowest BCUT2D eigenvalue weighted by Gasteiger charge is -2.05. The predicted octanol–water partition coefficient (Wildman–Crippen LogP) is 2.92. The molecule has 4 nitrogen and oxygen atoms in total. The van der Waals surface area contributed by atoms with Crippen molar-refractivity contribution in [3.8, 4) is 17.6 Å². The van der Waals surface area contributed by atoms with Crippen LogP contribution in [0.4, 0.5) is 0 Å². The lowest BCUT2D eigenvalue weighted by Crippen LogP contribution is -2.24. The van der Waals surface area contributed by atoms with Crippen LogP contribution in [-0.4, -0.2) is 21.6 Å². The Labute approximate surface area is 143 Å². The Kier molecular flexibility index (Phi) is 6.42. The zero-order valence-electron chi connectivity index (χ0n) is 13.9. The summed E-state index contributed by atoms with van der Waals surface area (Å²) >= 11 is 0. The minimum atomic E-state index is -3.52. The zero-order valence-corrected chi connectivity index (χ0v) is 14.7. The summed E-state index contributed by atoms with van der Waals surface area (Å²) in [7, 11) is -3.52. The van der Waals surface area contributed by atoms with E-state index in [0.717, 1.165) is 23.3 Å². The van der Waals surface area contributed by atoms with E-state index in [1.807, 2.05) is 50.2 Å². The van der Waals surface area contributed by atoms with Crippen LogP contribution in [-0.2, 0) is 16.4 Å². The monoisotopic (exact) mass is 343 g/mol. The molecule has 2 aromatic carbocycles. The summed E-state index contributed by atoms with van der Waals surface area (Å²) in [4.78, 5) is 0.248. The van der Waals surface area contributed by atoms with Crippen molar-refractivity contribution in [3.63, 3.8) is 0 Å². The molecule has 0 fully saturated rings. The van der Waals surface area contributed by atoms with Gasteiger partial charge in [0.25, 0.3) is 0 Å². The Hall–Kier alpha value is -2.29. The summed E-state index contributed by atoms with van der Waals surface area (Å²) in [6.45, 7) is 4.25. The number of ether oxygens (including phenoxy) is 1. The van der Waals surface area contributed by atoms with Crippen LogP contribution >= 0.6 is 0 Å². The molecule has 0 saturated heterocycles. The molecule has 0 heterocycles. The Morgan fingerprint density at radius 3 is 2.42 bits per heavy atom. The first kappa shape index (κ1) is 18.1. The fourth-order valence-corrected chi connectivity index (χ4v) is 2.99. The van der Waals surface area contributed by atoms with Gasteiger partial charge in [0, 0.05) is 0 Å². The quantitative estimate of drug-likeness (QED) is 0.821. The Bertz CT molecular complexity index is 831. The summed E-state index contributed by atoms with van der Waals surface area (Å²) in [6, 6.07) is 14.5. The number of hydrogen-bond acceptors (Lipinski definition) is 3. The van der Waals surface area contributed by atoms with E-state index < -0.39 is 10.0 Å². The van der Waals surface area contributed by atoms with E-state index in [1.54, 1.807) is 12.1 Å². The molecule has 0 aromatic heterocycles. The molecule has 0 aliphatic rings. The highest BCUT2D eigenvalue weighted by Crippen LogP contribution is 2.15. The second-order valence-electron chi connectivity index (χ2n) is 5.23. The van der Waals surface area contributed by atoms with Gasteiger partial charge in [0.1, 0.15) is 12.4 Å². The SMILES string of the molecule is CCc1ccc(S(=O)(=O)NCC#CCOc2ccccc2C)cc1. The maximum atomic E-state index is 12.1. The van der Waals surface area contributed by atoms with Crippen molar-refractivity contribution in [3.05, 3.63) is 59.7 Å². The summed E-state index contributed by atoms with van der Waals surface area (Å²) < 4.78 is 32.2. The minimum absolute atomic E-state index is 0.0506. The van der Waals surface area contributed by atoms with Crippen molar-refractivity contribution in [2.24, 2.45) is 0 Å². The van der Waals surface area contributed by atoms with Gasteiger partial charge in [-0.1, -0.05) is 49.1 Å². The first-order valence-corrected chi connectivity index (χ1v) is 9.24. The van der Waals surface area contributed by atoms with E-state index in [4.69, 9.17) is 4.74 Å². The maximum Gasteiger partial charge on any atom is 0.241 e. The van der Waals surface area contributed by atoms with Gasteiger partial charge in [-0.05, 0) is 42.7 Å². The van der Waals surface area contributed by atoms with Crippen LogP contribution in [0.1, 0.15) is 18.1 Å². The fourth-order valence-electron chi connectivity index (χ4n) is 2.06. The van der Waals surface area contributed by atoms with E-state index in [-0.39, 0.29) is 18.0 Å². The number of rotatable bonds is 6. The Morgan fingerprint density at radius 1 is 1.04 bits per heavy atom. The third-order valence-electron chi connectivity index (χ3n) is 3.51. The molecule has 5 heteroatoms. The largest absolute Gasteiger partial charge is 0.481 e. The molecule has 0 spiro atoms. The van der Waals surface area contributed by atoms with Crippen LogP contribution in [0.2, 0.25) is 0 Å². The average molecular weight is 343 g/mol. The molecule has 0 radical (unpaired) electrons.